The van der Waals surface area contributed by atoms with Crippen molar-refractivity contribution in [1.29, 1.82) is 0 Å². The number of fused-ring (bicyclic) bond motifs is 2. The maximum Gasteiger partial charge on any atom is 0.254 e. The summed E-state index contributed by atoms with van der Waals surface area (Å²) in [5, 5.41) is 3.39. The van der Waals surface area contributed by atoms with Crippen molar-refractivity contribution in [3.63, 3.8) is 0 Å². The van der Waals surface area contributed by atoms with Crippen molar-refractivity contribution in [2.75, 3.05) is 39.4 Å². The number of rotatable bonds is 4. The largest absolute Gasteiger partial charge is 0.381 e. The number of carbonyl (C=O) groups is 1. The molecular formula is C25H29FN4O2. The Hall–Kier alpha value is -2.35. The Bertz CT molecular complexity index is 1030. The lowest BCUT2D eigenvalue weighted by molar-refractivity contribution is 0.0674. The molecule has 3 saturated heterocycles. The fourth-order valence-corrected chi connectivity index (χ4v) is 5.85. The van der Waals surface area contributed by atoms with Crippen LogP contribution in [0, 0.1) is 17.7 Å². The van der Waals surface area contributed by atoms with Crippen LogP contribution < -0.4 is 5.32 Å². The van der Waals surface area contributed by atoms with Crippen LogP contribution in [0.3, 0.4) is 0 Å². The summed E-state index contributed by atoms with van der Waals surface area (Å²) in [6.45, 7) is 6.64. The van der Waals surface area contributed by atoms with Gasteiger partial charge in [-0.25, -0.2) is 4.39 Å². The number of amides is 1. The van der Waals surface area contributed by atoms with Crippen molar-refractivity contribution in [2.24, 2.45) is 11.8 Å². The molecule has 5 heterocycles. The molecule has 2 aromatic rings. The zero-order valence-electron chi connectivity index (χ0n) is 18.2. The predicted octanol–water partition coefficient (Wildman–Crippen LogP) is 2.67. The molecule has 6 rings (SSSR count). The molecule has 1 N–H and O–H groups in total. The van der Waals surface area contributed by atoms with Gasteiger partial charge in [-0.2, -0.15) is 0 Å². The van der Waals surface area contributed by atoms with Crippen molar-refractivity contribution >= 4 is 5.91 Å². The number of piperidine rings is 1. The lowest BCUT2D eigenvalue weighted by Gasteiger charge is -2.31. The predicted molar refractivity (Wildman–Crippen MR) is 118 cm³/mol. The summed E-state index contributed by atoms with van der Waals surface area (Å²) in [6.07, 6.45) is 3.82. The summed E-state index contributed by atoms with van der Waals surface area (Å²) in [4.78, 5) is 21.6. The van der Waals surface area contributed by atoms with Gasteiger partial charge in [-0.1, -0.05) is 6.07 Å². The SMILES string of the molecule is O=C1c2ccc(-c3nccc(CN4C[C@H]5COC[C@H]5C4)c3F)cc2CN1[C@H]1CCCNC1. The van der Waals surface area contributed by atoms with Gasteiger partial charge in [0.05, 0.1) is 13.2 Å². The van der Waals surface area contributed by atoms with E-state index >= 15 is 4.39 Å². The van der Waals surface area contributed by atoms with Gasteiger partial charge in [0.15, 0.2) is 5.82 Å². The molecule has 0 unspecified atom stereocenters. The molecular weight excluding hydrogens is 407 g/mol. The molecule has 7 heteroatoms. The first-order chi connectivity index (χ1) is 15.7. The van der Waals surface area contributed by atoms with E-state index in [-0.39, 0.29) is 17.8 Å². The third kappa shape index (κ3) is 3.52. The average molecular weight is 437 g/mol. The van der Waals surface area contributed by atoms with Gasteiger partial charge in [-0.3, -0.25) is 14.7 Å². The molecule has 3 atom stereocenters. The number of carbonyl (C=O) groups excluding carboxylic acids is 1. The summed E-state index contributed by atoms with van der Waals surface area (Å²) >= 11 is 0. The number of hydrogen-bond donors (Lipinski definition) is 1. The molecule has 6 nitrogen and oxygen atoms in total. The summed E-state index contributed by atoms with van der Waals surface area (Å²) in [6, 6.07) is 7.66. The quantitative estimate of drug-likeness (QED) is 0.799. The average Bonchev–Trinajstić information content (AvgIpc) is 3.49. The molecule has 4 aliphatic heterocycles. The lowest BCUT2D eigenvalue weighted by atomic mass is 10.0. The molecule has 0 saturated carbocycles. The Morgan fingerprint density at radius 2 is 2.03 bits per heavy atom. The minimum Gasteiger partial charge on any atom is -0.381 e. The van der Waals surface area contributed by atoms with Crippen molar-refractivity contribution in [3.05, 3.63) is 53.0 Å². The van der Waals surface area contributed by atoms with Gasteiger partial charge >= 0.3 is 0 Å². The molecule has 0 bridgehead atoms. The van der Waals surface area contributed by atoms with Crippen LogP contribution >= 0.6 is 0 Å². The van der Waals surface area contributed by atoms with Gasteiger partial charge in [0.1, 0.15) is 5.69 Å². The maximum atomic E-state index is 15.5. The molecule has 0 spiro atoms. The smallest absolute Gasteiger partial charge is 0.254 e. The fourth-order valence-electron chi connectivity index (χ4n) is 5.85. The van der Waals surface area contributed by atoms with E-state index in [1.165, 1.54) is 0 Å². The second kappa shape index (κ2) is 8.21. The van der Waals surface area contributed by atoms with Crippen molar-refractivity contribution in [2.45, 2.75) is 32.0 Å². The number of likely N-dealkylation sites (tertiary alicyclic amines) is 1. The zero-order valence-corrected chi connectivity index (χ0v) is 18.2. The first kappa shape index (κ1) is 20.3. The Morgan fingerprint density at radius 1 is 1.19 bits per heavy atom. The van der Waals surface area contributed by atoms with Gasteiger partial charge in [0, 0.05) is 73.5 Å². The molecule has 1 amide bonds. The number of aromatic nitrogens is 1. The highest BCUT2D eigenvalue weighted by Crippen LogP contribution is 2.33. The first-order valence-electron chi connectivity index (χ1n) is 11.8. The summed E-state index contributed by atoms with van der Waals surface area (Å²) < 4.78 is 21.1. The molecule has 0 aliphatic carbocycles. The minimum atomic E-state index is -0.251. The third-order valence-electron chi connectivity index (χ3n) is 7.60. The van der Waals surface area contributed by atoms with Gasteiger partial charge in [-0.15, -0.1) is 0 Å². The number of pyridine rings is 1. The van der Waals surface area contributed by atoms with Crippen molar-refractivity contribution in [3.8, 4) is 11.3 Å². The third-order valence-corrected chi connectivity index (χ3v) is 7.60. The number of nitrogens with one attached hydrogen (secondary N) is 1. The van der Waals surface area contributed by atoms with E-state index in [9.17, 15) is 4.79 Å². The summed E-state index contributed by atoms with van der Waals surface area (Å²) in [5.41, 5.74) is 3.51. The Labute approximate surface area is 187 Å². The Kier molecular flexibility index (Phi) is 5.20. The molecule has 1 aromatic heterocycles. The van der Waals surface area contributed by atoms with E-state index in [1.807, 2.05) is 23.1 Å². The van der Waals surface area contributed by atoms with Gasteiger partial charge in [0.2, 0.25) is 0 Å². The van der Waals surface area contributed by atoms with E-state index in [0.717, 1.165) is 68.9 Å². The van der Waals surface area contributed by atoms with Crippen LogP contribution in [0.1, 0.15) is 34.3 Å². The Morgan fingerprint density at radius 3 is 2.81 bits per heavy atom. The van der Waals surface area contributed by atoms with Crippen LogP contribution in [-0.4, -0.2) is 66.1 Å². The summed E-state index contributed by atoms with van der Waals surface area (Å²) in [7, 11) is 0. The van der Waals surface area contributed by atoms with Crippen LogP contribution in [-0.2, 0) is 17.8 Å². The highest BCUT2D eigenvalue weighted by molar-refractivity contribution is 5.99. The van der Waals surface area contributed by atoms with Gasteiger partial charge in [0.25, 0.3) is 5.91 Å². The highest BCUT2D eigenvalue weighted by atomic mass is 19.1. The van der Waals surface area contributed by atoms with Crippen molar-refractivity contribution < 1.29 is 13.9 Å². The maximum absolute atomic E-state index is 15.5. The zero-order chi connectivity index (χ0) is 21.7. The molecule has 3 fully saturated rings. The van der Waals surface area contributed by atoms with Crippen LogP contribution in [0.5, 0.6) is 0 Å². The number of halogens is 1. The molecule has 32 heavy (non-hydrogen) atoms. The first-order valence-corrected chi connectivity index (χ1v) is 11.8. The topological polar surface area (TPSA) is 57.7 Å². The Balaban J connectivity index is 1.22. The van der Waals surface area contributed by atoms with E-state index in [1.54, 1.807) is 12.3 Å². The molecule has 4 aliphatic rings. The monoisotopic (exact) mass is 436 g/mol. The van der Waals surface area contributed by atoms with Gasteiger partial charge in [-0.05, 0) is 43.1 Å². The standard InChI is InChI=1S/C25H29FN4O2/c26-23-17(10-29-11-19-14-32-15-20(19)12-29)5-7-28-24(23)16-3-4-22-18(8-16)13-30(25(22)31)21-2-1-6-27-9-21/h3-5,7-8,19-21,27H,1-2,6,9-15H2/t19-,20+,21-/m0/s1. The number of ether oxygens (including phenoxy) is 1. The van der Waals surface area contributed by atoms with E-state index in [4.69, 9.17) is 4.74 Å². The second-order valence-corrected chi connectivity index (χ2v) is 9.69. The normalized spacial score (nSPS) is 27.7. The van der Waals surface area contributed by atoms with Crippen LogP contribution in [0.25, 0.3) is 11.3 Å². The molecule has 168 valence electrons. The highest BCUT2D eigenvalue weighted by Gasteiger charge is 2.37. The fraction of sp³-hybridized carbons (Fsp3) is 0.520. The van der Waals surface area contributed by atoms with Crippen LogP contribution in [0.15, 0.2) is 30.5 Å². The van der Waals surface area contributed by atoms with E-state index < -0.39 is 0 Å². The van der Waals surface area contributed by atoms with Crippen LogP contribution in [0.4, 0.5) is 4.39 Å². The lowest BCUT2D eigenvalue weighted by Crippen LogP contribution is -2.46. The number of benzene rings is 1. The van der Waals surface area contributed by atoms with E-state index in [2.05, 4.69) is 15.2 Å². The second-order valence-electron chi connectivity index (χ2n) is 9.69. The van der Waals surface area contributed by atoms with E-state index in [0.29, 0.717) is 36.2 Å². The minimum absolute atomic E-state index is 0.0889. The molecule has 0 radical (unpaired) electrons. The molecule has 1 aromatic carbocycles. The van der Waals surface area contributed by atoms with Gasteiger partial charge < -0.3 is 15.0 Å². The van der Waals surface area contributed by atoms with Crippen molar-refractivity contribution in [1.82, 2.24) is 20.1 Å². The summed E-state index contributed by atoms with van der Waals surface area (Å²) in [5.74, 6) is 0.997. The van der Waals surface area contributed by atoms with Crippen LogP contribution in [0.2, 0.25) is 0 Å². The number of hydrogen-bond acceptors (Lipinski definition) is 5. The number of nitrogens with zero attached hydrogens (tertiary/aromatic N) is 3.